The van der Waals surface area contributed by atoms with E-state index in [1.54, 1.807) is 11.8 Å². The summed E-state index contributed by atoms with van der Waals surface area (Å²) in [5.74, 6) is -3.46. The number of aromatic nitrogens is 2. The van der Waals surface area contributed by atoms with Crippen molar-refractivity contribution in [1.29, 1.82) is 0 Å². The molecule has 0 spiro atoms. The second-order valence-corrected chi connectivity index (χ2v) is 9.76. The van der Waals surface area contributed by atoms with Gasteiger partial charge in [0.1, 0.15) is 17.2 Å². The summed E-state index contributed by atoms with van der Waals surface area (Å²) in [7, 11) is 0. The van der Waals surface area contributed by atoms with E-state index in [-0.39, 0.29) is 40.6 Å². The molecule has 1 atom stereocenters. The maximum atomic E-state index is 15.3. The second kappa shape index (κ2) is 9.75. The number of esters is 1. The minimum Gasteiger partial charge on any atom is -0.462 e. The summed E-state index contributed by atoms with van der Waals surface area (Å²) in [6.07, 6.45) is 3.65. The summed E-state index contributed by atoms with van der Waals surface area (Å²) < 4.78 is 49.7. The number of nitrogens with zero attached hydrogens (tertiary/aromatic N) is 4. The van der Waals surface area contributed by atoms with E-state index >= 15 is 4.39 Å². The summed E-state index contributed by atoms with van der Waals surface area (Å²) in [6, 6.07) is 3.80. The van der Waals surface area contributed by atoms with Crippen molar-refractivity contribution in [3.63, 3.8) is 0 Å². The van der Waals surface area contributed by atoms with Gasteiger partial charge >= 0.3 is 5.97 Å². The molecular weight excluding hydrogens is 473 g/mol. The van der Waals surface area contributed by atoms with E-state index in [1.807, 2.05) is 27.0 Å². The Labute approximate surface area is 206 Å². The zero-order chi connectivity index (χ0) is 26.2. The number of hydrogen-bond acceptors (Lipinski definition) is 6. The van der Waals surface area contributed by atoms with Crippen molar-refractivity contribution >= 4 is 29.0 Å². The Kier molecular flexibility index (Phi) is 6.88. The van der Waals surface area contributed by atoms with Gasteiger partial charge in [0.05, 0.1) is 23.7 Å². The average molecular weight is 501 g/mol. The van der Waals surface area contributed by atoms with Gasteiger partial charge in [-0.25, -0.2) is 22.9 Å². The van der Waals surface area contributed by atoms with Crippen LogP contribution in [0.1, 0.15) is 44.5 Å². The Hall–Kier alpha value is -3.69. The highest BCUT2D eigenvalue weighted by Gasteiger charge is 2.28. The van der Waals surface area contributed by atoms with E-state index in [4.69, 9.17) is 4.74 Å². The third-order valence-electron chi connectivity index (χ3n) is 5.71. The molecule has 0 radical (unpaired) electrons. The summed E-state index contributed by atoms with van der Waals surface area (Å²) in [4.78, 5) is 36.2. The van der Waals surface area contributed by atoms with Gasteiger partial charge in [0.2, 0.25) is 5.43 Å². The van der Waals surface area contributed by atoms with Crippen LogP contribution in [0.5, 0.6) is 0 Å². The smallest absolute Gasteiger partial charge is 0.343 e. The van der Waals surface area contributed by atoms with Gasteiger partial charge in [-0.15, -0.1) is 0 Å². The van der Waals surface area contributed by atoms with Crippen LogP contribution in [-0.4, -0.2) is 47.5 Å². The lowest BCUT2D eigenvalue weighted by Crippen LogP contribution is -2.25. The lowest BCUT2D eigenvalue weighted by molar-refractivity contribution is 0.0524. The third-order valence-corrected chi connectivity index (χ3v) is 5.71. The highest BCUT2D eigenvalue weighted by molar-refractivity contribution is 5.94. The molecular formula is C26H27F3N4O3. The molecule has 1 aromatic carbocycles. The van der Waals surface area contributed by atoms with E-state index < -0.39 is 34.4 Å². The van der Waals surface area contributed by atoms with Crippen molar-refractivity contribution < 1.29 is 22.7 Å². The molecule has 7 nitrogen and oxygen atoms in total. The highest BCUT2D eigenvalue weighted by atomic mass is 19.1. The predicted octanol–water partition coefficient (Wildman–Crippen LogP) is 4.68. The minimum absolute atomic E-state index is 0.000586. The number of anilines is 1. The van der Waals surface area contributed by atoms with Crippen LogP contribution < -0.4 is 10.3 Å². The first-order valence-electron chi connectivity index (χ1n) is 11.7. The maximum absolute atomic E-state index is 15.3. The van der Waals surface area contributed by atoms with Gasteiger partial charge in [0, 0.05) is 31.6 Å². The Balaban J connectivity index is 1.87. The van der Waals surface area contributed by atoms with Crippen molar-refractivity contribution in [2.45, 2.75) is 40.2 Å². The van der Waals surface area contributed by atoms with Crippen molar-refractivity contribution in [3.8, 4) is 5.69 Å². The number of ether oxygens (including phenoxy) is 1. The first-order valence-corrected chi connectivity index (χ1v) is 11.7. The molecule has 10 heteroatoms. The molecule has 0 amide bonds. The van der Waals surface area contributed by atoms with Crippen molar-refractivity contribution in [3.05, 3.63) is 63.7 Å². The molecule has 0 saturated carbocycles. The molecule has 2 aromatic heterocycles. The first-order chi connectivity index (χ1) is 17.0. The topological polar surface area (TPSA) is 76.8 Å². The summed E-state index contributed by atoms with van der Waals surface area (Å²) in [5, 5.41) is -0.230. The van der Waals surface area contributed by atoms with Gasteiger partial charge in [0.15, 0.2) is 17.3 Å². The van der Waals surface area contributed by atoms with Crippen LogP contribution >= 0.6 is 0 Å². The summed E-state index contributed by atoms with van der Waals surface area (Å²) >= 11 is 0. The Morgan fingerprint density at radius 2 is 1.97 bits per heavy atom. The Bertz CT molecular complexity index is 1410. The number of hydrogen-bond donors (Lipinski definition) is 0. The van der Waals surface area contributed by atoms with Gasteiger partial charge in [-0.3, -0.25) is 14.4 Å². The number of fused-ring (bicyclic) bond motifs is 1. The van der Waals surface area contributed by atoms with Gasteiger partial charge < -0.3 is 9.64 Å². The van der Waals surface area contributed by atoms with E-state index in [2.05, 4.69) is 9.98 Å². The van der Waals surface area contributed by atoms with Crippen LogP contribution in [0.25, 0.3) is 16.7 Å². The fourth-order valence-corrected chi connectivity index (χ4v) is 4.04. The van der Waals surface area contributed by atoms with E-state index in [0.29, 0.717) is 25.6 Å². The molecule has 36 heavy (non-hydrogen) atoms. The Morgan fingerprint density at radius 1 is 1.22 bits per heavy atom. The normalized spacial score (nSPS) is 16.3. The lowest BCUT2D eigenvalue weighted by Gasteiger charge is -2.20. The fraction of sp³-hybridized carbons (Fsp3) is 0.385. The van der Waals surface area contributed by atoms with Crippen molar-refractivity contribution in [2.24, 2.45) is 10.4 Å². The SMILES string of the molecule is CCOC(=O)c1cn(-c2ccc(F)cc2F)c2nc(N3CCC(/N=C/C(C)(C)C)C3)c(F)cc2c1=O. The van der Waals surface area contributed by atoms with Gasteiger partial charge in [0.25, 0.3) is 0 Å². The van der Waals surface area contributed by atoms with Crippen LogP contribution in [0.15, 0.2) is 40.2 Å². The van der Waals surface area contributed by atoms with Crippen LogP contribution in [0.2, 0.25) is 0 Å². The molecule has 3 aromatic rings. The number of carbonyl (C=O) groups is 1. The first kappa shape index (κ1) is 25.4. The molecule has 3 heterocycles. The Morgan fingerprint density at radius 3 is 2.64 bits per heavy atom. The summed E-state index contributed by atoms with van der Waals surface area (Å²) in [5.41, 5.74) is -1.54. The minimum atomic E-state index is -0.944. The molecule has 0 bridgehead atoms. The molecule has 1 unspecified atom stereocenters. The van der Waals surface area contributed by atoms with Crippen molar-refractivity contribution in [2.75, 3.05) is 24.6 Å². The number of pyridine rings is 2. The zero-order valence-electron chi connectivity index (χ0n) is 20.5. The largest absolute Gasteiger partial charge is 0.462 e. The number of carbonyl (C=O) groups excluding carboxylic acids is 1. The van der Waals surface area contributed by atoms with Crippen LogP contribution in [-0.2, 0) is 4.74 Å². The maximum Gasteiger partial charge on any atom is 0.343 e. The number of rotatable bonds is 5. The molecule has 1 aliphatic heterocycles. The fourth-order valence-electron chi connectivity index (χ4n) is 4.04. The van der Waals surface area contributed by atoms with Gasteiger partial charge in [-0.05, 0) is 37.0 Å². The monoisotopic (exact) mass is 500 g/mol. The number of benzene rings is 1. The van der Waals surface area contributed by atoms with Crippen LogP contribution in [0, 0.1) is 22.9 Å². The van der Waals surface area contributed by atoms with E-state index in [9.17, 15) is 18.4 Å². The zero-order valence-corrected chi connectivity index (χ0v) is 20.5. The quantitative estimate of drug-likeness (QED) is 0.376. The highest BCUT2D eigenvalue weighted by Crippen LogP contribution is 2.28. The average Bonchev–Trinajstić information content (AvgIpc) is 3.27. The van der Waals surface area contributed by atoms with Crippen LogP contribution in [0.3, 0.4) is 0 Å². The number of halogens is 3. The molecule has 1 saturated heterocycles. The molecule has 1 aliphatic rings. The lowest BCUT2D eigenvalue weighted by atomic mass is 9.99. The third kappa shape index (κ3) is 5.12. The standard InChI is InChI=1S/C26H27F3N4O3/c1-5-36-25(35)18-13-33(21-7-6-15(27)10-19(21)28)23-17(22(18)34)11-20(29)24(31-23)32-9-8-16(12-32)30-14-26(2,3)4/h6-7,10-11,13-14,16H,5,8-9,12H2,1-4H3/b30-14+. The molecule has 4 rings (SSSR count). The molecule has 0 N–H and O–H groups in total. The molecule has 0 aliphatic carbocycles. The van der Waals surface area contributed by atoms with E-state index in [1.165, 1.54) is 0 Å². The van der Waals surface area contributed by atoms with E-state index in [0.717, 1.165) is 29.0 Å². The van der Waals surface area contributed by atoms with Gasteiger partial charge in [-0.2, -0.15) is 0 Å². The molecule has 190 valence electrons. The number of aliphatic imine (C=N–C) groups is 1. The predicted molar refractivity (Wildman–Crippen MR) is 132 cm³/mol. The van der Waals surface area contributed by atoms with Crippen LogP contribution in [0.4, 0.5) is 19.0 Å². The van der Waals surface area contributed by atoms with Crippen molar-refractivity contribution in [1.82, 2.24) is 9.55 Å². The molecule has 1 fully saturated rings. The second-order valence-electron chi connectivity index (χ2n) is 9.76. The summed E-state index contributed by atoms with van der Waals surface area (Å²) in [6.45, 7) is 8.57. The van der Waals surface area contributed by atoms with Gasteiger partial charge in [-0.1, -0.05) is 20.8 Å².